The Morgan fingerprint density at radius 1 is 1.24 bits per heavy atom. The molecule has 1 aromatic heterocycles. The topological polar surface area (TPSA) is 81.4 Å². The number of ether oxygens (including phenoxy) is 1. The summed E-state index contributed by atoms with van der Waals surface area (Å²) in [7, 11) is 1.26. The number of hydrogen-bond acceptors (Lipinski definition) is 5. The molecule has 0 aliphatic carbocycles. The highest BCUT2D eigenvalue weighted by Gasteiger charge is 2.32. The van der Waals surface area contributed by atoms with Crippen LogP contribution in [0.2, 0.25) is 0 Å². The summed E-state index contributed by atoms with van der Waals surface area (Å²) in [5.74, 6) is -1.04. The molecule has 1 amide bonds. The van der Waals surface area contributed by atoms with Crippen molar-refractivity contribution in [1.29, 1.82) is 0 Å². The smallest absolute Gasteiger partial charge is 0.330 e. The minimum Gasteiger partial charge on any atom is -0.467 e. The van der Waals surface area contributed by atoms with Crippen molar-refractivity contribution < 1.29 is 18.8 Å². The van der Waals surface area contributed by atoms with Crippen LogP contribution in [0.1, 0.15) is 24.4 Å². The van der Waals surface area contributed by atoms with E-state index in [1.165, 1.54) is 13.2 Å². The van der Waals surface area contributed by atoms with Crippen molar-refractivity contribution in [3.8, 4) is 11.3 Å². The van der Waals surface area contributed by atoms with Crippen molar-refractivity contribution in [1.82, 2.24) is 10.5 Å². The maximum absolute atomic E-state index is 12.1. The number of methoxy groups -OCH3 is 1. The molecule has 0 spiro atoms. The van der Waals surface area contributed by atoms with Gasteiger partial charge < -0.3 is 14.6 Å². The van der Waals surface area contributed by atoms with Crippen LogP contribution in [-0.4, -0.2) is 29.7 Å². The minimum absolute atomic E-state index is 0.0332. The van der Waals surface area contributed by atoms with Gasteiger partial charge in [0.25, 0.3) is 5.91 Å². The van der Waals surface area contributed by atoms with Gasteiger partial charge in [-0.2, -0.15) is 0 Å². The van der Waals surface area contributed by atoms with Gasteiger partial charge in [0.05, 0.1) is 7.11 Å². The van der Waals surface area contributed by atoms with Crippen LogP contribution in [0, 0.1) is 0 Å². The van der Waals surface area contributed by atoms with Gasteiger partial charge in [-0.05, 0) is 13.8 Å². The fourth-order valence-corrected chi connectivity index (χ4v) is 1.78. The molecular weight excluding hydrogens is 272 g/mol. The van der Waals surface area contributed by atoms with Crippen LogP contribution < -0.4 is 5.32 Å². The quantitative estimate of drug-likeness (QED) is 0.870. The number of carbonyl (C=O) groups excluding carboxylic acids is 2. The summed E-state index contributed by atoms with van der Waals surface area (Å²) in [6.45, 7) is 3.09. The molecule has 0 fully saturated rings. The Morgan fingerprint density at radius 3 is 2.52 bits per heavy atom. The molecule has 0 bridgehead atoms. The van der Waals surface area contributed by atoms with E-state index in [1.54, 1.807) is 13.8 Å². The van der Waals surface area contributed by atoms with Crippen LogP contribution in [0.5, 0.6) is 0 Å². The Balaban J connectivity index is 2.15. The molecule has 0 aliphatic heterocycles. The number of carbonyl (C=O) groups is 2. The molecule has 0 unspecified atom stereocenters. The van der Waals surface area contributed by atoms with E-state index in [0.29, 0.717) is 5.69 Å². The van der Waals surface area contributed by atoms with Crippen LogP contribution >= 0.6 is 0 Å². The highest BCUT2D eigenvalue weighted by Crippen LogP contribution is 2.19. The van der Waals surface area contributed by atoms with Crippen LogP contribution in [0.3, 0.4) is 0 Å². The van der Waals surface area contributed by atoms with E-state index in [2.05, 4.69) is 15.2 Å². The molecule has 2 rings (SSSR count). The first kappa shape index (κ1) is 14.8. The Morgan fingerprint density at radius 2 is 1.90 bits per heavy atom. The van der Waals surface area contributed by atoms with Gasteiger partial charge >= 0.3 is 5.97 Å². The minimum atomic E-state index is -1.15. The van der Waals surface area contributed by atoms with Crippen molar-refractivity contribution in [2.24, 2.45) is 0 Å². The predicted octanol–water partition coefficient (Wildman–Crippen LogP) is 2.02. The zero-order valence-corrected chi connectivity index (χ0v) is 12.0. The first-order valence-corrected chi connectivity index (χ1v) is 6.37. The molecule has 0 atom stereocenters. The summed E-state index contributed by atoms with van der Waals surface area (Å²) in [5, 5.41) is 6.39. The van der Waals surface area contributed by atoms with E-state index in [1.807, 2.05) is 30.3 Å². The maximum Gasteiger partial charge on any atom is 0.330 e. The monoisotopic (exact) mass is 288 g/mol. The Kier molecular flexibility index (Phi) is 4.07. The molecule has 2 aromatic rings. The molecule has 6 heteroatoms. The largest absolute Gasteiger partial charge is 0.467 e. The Hall–Kier alpha value is -2.63. The number of nitrogens with zero attached hydrogens (tertiary/aromatic N) is 1. The van der Waals surface area contributed by atoms with Gasteiger partial charge in [0.2, 0.25) is 5.76 Å². The van der Waals surface area contributed by atoms with E-state index in [0.717, 1.165) is 5.56 Å². The molecule has 1 N–H and O–H groups in total. The number of hydrogen-bond donors (Lipinski definition) is 1. The van der Waals surface area contributed by atoms with Gasteiger partial charge in [-0.3, -0.25) is 4.79 Å². The van der Waals surface area contributed by atoms with Crippen molar-refractivity contribution in [3.63, 3.8) is 0 Å². The fourth-order valence-electron chi connectivity index (χ4n) is 1.78. The lowest BCUT2D eigenvalue weighted by atomic mass is 10.1. The first-order chi connectivity index (χ1) is 9.94. The van der Waals surface area contributed by atoms with E-state index in [-0.39, 0.29) is 5.76 Å². The third kappa shape index (κ3) is 3.28. The lowest BCUT2D eigenvalue weighted by Crippen LogP contribution is -2.50. The second kappa shape index (κ2) is 5.78. The third-order valence-electron chi connectivity index (χ3n) is 2.93. The summed E-state index contributed by atoms with van der Waals surface area (Å²) in [6, 6.07) is 10.9. The Labute approximate surface area is 122 Å². The van der Waals surface area contributed by atoms with E-state index >= 15 is 0 Å². The SMILES string of the molecule is COC(=O)C(C)(C)NC(=O)c1cc(-c2ccccc2)no1. The molecule has 6 nitrogen and oxygen atoms in total. The average Bonchev–Trinajstić information content (AvgIpc) is 2.96. The van der Waals surface area contributed by atoms with Crippen molar-refractivity contribution in [2.75, 3.05) is 7.11 Å². The number of amides is 1. The summed E-state index contributed by atoms with van der Waals surface area (Å²) >= 11 is 0. The van der Waals surface area contributed by atoms with Crippen molar-refractivity contribution >= 4 is 11.9 Å². The van der Waals surface area contributed by atoms with Crippen LogP contribution in [0.25, 0.3) is 11.3 Å². The molecule has 0 radical (unpaired) electrons. The molecule has 0 saturated carbocycles. The summed E-state index contributed by atoms with van der Waals surface area (Å²) in [6.07, 6.45) is 0. The Bertz CT molecular complexity index is 647. The molecular formula is C15H16N2O4. The van der Waals surface area contributed by atoms with E-state index in [4.69, 9.17) is 4.52 Å². The molecule has 1 aromatic carbocycles. The summed E-state index contributed by atoms with van der Waals surface area (Å²) < 4.78 is 9.65. The van der Waals surface area contributed by atoms with Gasteiger partial charge in [0, 0.05) is 11.6 Å². The summed E-state index contributed by atoms with van der Waals surface area (Å²) in [4.78, 5) is 23.6. The van der Waals surface area contributed by atoms with Crippen molar-refractivity contribution in [3.05, 3.63) is 42.2 Å². The molecule has 110 valence electrons. The maximum atomic E-state index is 12.1. The van der Waals surface area contributed by atoms with Crippen LogP contribution in [0.15, 0.2) is 40.9 Å². The molecule has 0 aliphatic rings. The molecule has 0 saturated heterocycles. The van der Waals surface area contributed by atoms with E-state index < -0.39 is 17.4 Å². The zero-order valence-electron chi connectivity index (χ0n) is 12.0. The lowest BCUT2D eigenvalue weighted by molar-refractivity contribution is -0.146. The lowest BCUT2D eigenvalue weighted by Gasteiger charge is -2.22. The predicted molar refractivity (Wildman–Crippen MR) is 75.5 cm³/mol. The van der Waals surface area contributed by atoms with Gasteiger partial charge in [0.1, 0.15) is 11.2 Å². The number of nitrogens with one attached hydrogen (secondary N) is 1. The number of benzene rings is 1. The second-order valence-electron chi connectivity index (χ2n) is 5.01. The van der Waals surface area contributed by atoms with Crippen molar-refractivity contribution in [2.45, 2.75) is 19.4 Å². The van der Waals surface area contributed by atoms with Gasteiger partial charge in [-0.25, -0.2) is 4.79 Å². The zero-order chi connectivity index (χ0) is 15.5. The van der Waals surface area contributed by atoms with E-state index in [9.17, 15) is 9.59 Å². The first-order valence-electron chi connectivity index (χ1n) is 6.37. The standard InChI is InChI=1S/C15H16N2O4/c1-15(2,14(19)20-3)16-13(18)12-9-11(17-21-12)10-7-5-4-6-8-10/h4-9H,1-3H3,(H,16,18). The average molecular weight is 288 g/mol. The molecule has 21 heavy (non-hydrogen) atoms. The number of esters is 1. The fraction of sp³-hybridized carbons (Fsp3) is 0.267. The third-order valence-corrected chi connectivity index (χ3v) is 2.93. The van der Waals surface area contributed by atoms with Gasteiger partial charge in [0.15, 0.2) is 0 Å². The van der Waals surface area contributed by atoms with Gasteiger partial charge in [-0.15, -0.1) is 0 Å². The molecule has 1 heterocycles. The van der Waals surface area contributed by atoms with Crippen LogP contribution in [0.4, 0.5) is 0 Å². The summed E-state index contributed by atoms with van der Waals surface area (Å²) in [5.41, 5.74) is 0.245. The van der Waals surface area contributed by atoms with Gasteiger partial charge in [-0.1, -0.05) is 35.5 Å². The number of aromatic nitrogens is 1. The van der Waals surface area contributed by atoms with Crippen LogP contribution in [-0.2, 0) is 9.53 Å². The highest BCUT2D eigenvalue weighted by atomic mass is 16.5. The normalized spacial score (nSPS) is 11.0. The highest BCUT2D eigenvalue weighted by molar-refractivity contribution is 5.96. The second-order valence-corrected chi connectivity index (χ2v) is 5.01. The number of rotatable bonds is 4.